The number of nitrogens with zero attached hydrogens (tertiary/aromatic N) is 3. The van der Waals surface area contributed by atoms with Gasteiger partial charge in [-0.1, -0.05) is 0 Å². The molecule has 0 radical (unpaired) electrons. The van der Waals surface area contributed by atoms with Crippen molar-refractivity contribution in [1.29, 1.82) is 0 Å². The summed E-state index contributed by atoms with van der Waals surface area (Å²) >= 11 is 0. The quantitative estimate of drug-likeness (QED) is 0.655. The third kappa shape index (κ3) is 3.51. The highest BCUT2D eigenvalue weighted by molar-refractivity contribution is 5.86. The van der Waals surface area contributed by atoms with Crippen LogP contribution in [0.25, 0.3) is 22.2 Å². The zero-order chi connectivity index (χ0) is 16.2. The topological polar surface area (TPSA) is 49.2 Å². The minimum atomic E-state index is 0.555. The van der Waals surface area contributed by atoms with Crippen LogP contribution in [0.15, 0.2) is 36.7 Å². The van der Waals surface area contributed by atoms with Gasteiger partial charge in [0, 0.05) is 30.8 Å². The van der Waals surface area contributed by atoms with Crippen LogP contribution in [0.4, 0.5) is 0 Å². The van der Waals surface area contributed by atoms with Gasteiger partial charge in [-0.3, -0.25) is 4.68 Å². The minimum absolute atomic E-state index is 0.555. The summed E-state index contributed by atoms with van der Waals surface area (Å²) in [6.45, 7) is 5.94. The number of hydrogen-bond acceptors (Lipinski definition) is 4. The number of aromatic nitrogens is 3. The van der Waals surface area contributed by atoms with Gasteiger partial charge in [0.2, 0.25) is 0 Å². The second-order valence-corrected chi connectivity index (χ2v) is 5.45. The predicted molar refractivity (Wildman–Crippen MR) is 90.7 cm³/mol. The molecule has 0 aliphatic rings. The van der Waals surface area contributed by atoms with Crippen LogP contribution < -0.4 is 4.74 Å². The van der Waals surface area contributed by atoms with Gasteiger partial charge < -0.3 is 9.47 Å². The summed E-state index contributed by atoms with van der Waals surface area (Å²) in [5.41, 5.74) is 4.09. The summed E-state index contributed by atoms with van der Waals surface area (Å²) in [5.74, 6) is 0.844. The van der Waals surface area contributed by atoms with Crippen molar-refractivity contribution in [2.24, 2.45) is 7.05 Å². The lowest BCUT2D eigenvalue weighted by molar-refractivity contribution is 0.110. The van der Waals surface area contributed by atoms with Crippen molar-refractivity contribution in [2.45, 2.75) is 13.8 Å². The highest BCUT2D eigenvalue weighted by atomic mass is 16.5. The van der Waals surface area contributed by atoms with Crippen LogP contribution in [0, 0.1) is 6.92 Å². The normalized spacial score (nSPS) is 11.1. The maximum Gasteiger partial charge on any atom is 0.120 e. The number of aryl methyl sites for hydroxylation is 2. The van der Waals surface area contributed by atoms with E-state index in [1.54, 1.807) is 4.68 Å². The lowest BCUT2D eigenvalue weighted by Crippen LogP contribution is -2.06. The molecule has 0 bridgehead atoms. The monoisotopic (exact) mass is 311 g/mol. The maximum absolute atomic E-state index is 5.72. The van der Waals surface area contributed by atoms with E-state index in [9.17, 15) is 0 Å². The number of hydrogen-bond donors (Lipinski definition) is 0. The smallest absolute Gasteiger partial charge is 0.120 e. The van der Waals surface area contributed by atoms with E-state index in [1.165, 1.54) is 5.56 Å². The summed E-state index contributed by atoms with van der Waals surface area (Å²) in [4.78, 5) is 4.74. The number of fused-ring (bicyclic) bond motifs is 1. The van der Waals surface area contributed by atoms with Crippen molar-refractivity contribution in [1.82, 2.24) is 14.8 Å². The van der Waals surface area contributed by atoms with Gasteiger partial charge in [0.25, 0.3) is 0 Å². The van der Waals surface area contributed by atoms with Crippen molar-refractivity contribution < 1.29 is 9.47 Å². The third-order valence-electron chi connectivity index (χ3n) is 3.69. The molecule has 3 rings (SSSR count). The number of rotatable bonds is 6. The Labute approximate surface area is 135 Å². The van der Waals surface area contributed by atoms with Crippen molar-refractivity contribution in [2.75, 3.05) is 19.8 Å². The van der Waals surface area contributed by atoms with E-state index in [-0.39, 0.29) is 0 Å². The van der Waals surface area contributed by atoms with Gasteiger partial charge in [-0.15, -0.1) is 0 Å². The van der Waals surface area contributed by atoms with E-state index in [0.717, 1.165) is 27.9 Å². The largest absolute Gasteiger partial charge is 0.491 e. The highest BCUT2D eigenvalue weighted by Crippen LogP contribution is 2.27. The summed E-state index contributed by atoms with van der Waals surface area (Å²) in [7, 11) is 1.91. The van der Waals surface area contributed by atoms with Crippen molar-refractivity contribution in [3.05, 3.63) is 42.2 Å². The molecule has 0 aliphatic carbocycles. The van der Waals surface area contributed by atoms with E-state index in [4.69, 9.17) is 14.5 Å². The van der Waals surface area contributed by atoms with Crippen LogP contribution in [0.2, 0.25) is 0 Å². The van der Waals surface area contributed by atoms with Crippen molar-refractivity contribution in [3.8, 4) is 17.0 Å². The molecule has 0 aliphatic heterocycles. The molecule has 5 nitrogen and oxygen atoms in total. The molecule has 0 saturated heterocycles. The Morgan fingerprint density at radius 2 is 2.04 bits per heavy atom. The summed E-state index contributed by atoms with van der Waals surface area (Å²) < 4.78 is 12.8. The molecule has 0 saturated carbocycles. The Hall–Kier alpha value is -2.40. The molecule has 5 heteroatoms. The van der Waals surface area contributed by atoms with E-state index in [1.807, 2.05) is 44.6 Å². The molecule has 0 fully saturated rings. The first-order valence-corrected chi connectivity index (χ1v) is 7.78. The van der Waals surface area contributed by atoms with Gasteiger partial charge in [0.15, 0.2) is 0 Å². The standard InChI is InChI=1S/C18H21N3O2/c1-4-22-7-8-23-15-5-6-17-16(10-15)13(2)9-18(20-17)14-11-19-21(3)12-14/h5-6,9-12H,4,7-8H2,1-3H3. The summed E-state index contributed by atoms with van der Waals surface area (Å²) in [6.07, 6.45) is 3.80. The van der Waals surface area contributed by atoms with Crippen LogP contribution in [0.5, 0.6) is 5.75 Å². The average Bonchev–Trinajstić information content (AvgIpc) is 2.98. The molecule has 23 heavy (non-hydrogen) atoms. The first-order valence-electron chi connectivity index (χ1n) is 7.78. The molecule has 2 heterocycles. The van der Waals surface area contributed by atoms with Gasteiger partial charge in [-0.25, -0.2) is 4.98 Å². The maximum atomic E-state index is 5.72. The van der Waals surface area contributed by atoms with Gasteiger partial charge in [0.1, 0.15) is 12.4 Å². The second-order valence-electron chi connectivity index (χ2n) is 5.45. The van der Waals surface area contributed by atoms with Gasteiger partial charge in [-0.05, 0) is 43.7 Å². The first kappa shape index (κ1) is 15.5. The minimum Gasteiger partial charge on any atom is -0.491 e. The van der Waals surface area contributed by atoms with Crippen LogP contribution in [-0.4, -0.2) is 34.6 Å². The Morgan fingerprint density at radius 1 is 1.17 bits per heavy atom. The fraction of sp³-hybridized carbons (Fsp3) is 0.333. The Balaban J connectivity index is 1.87. The molecule has 2 aromatic heterocycles. The fourth-order valence-corrected chi connectivity index (χ4v) is 2.53. The van der Waals surface area contributed by atoms with E-state index < -0.39 is 0 Å². The highest BCUT2D eigenvalue weighted by Gasteiger charge is 2.08. The number of pyridine rings is 1. The van der Waals surface area contributed by atoms with Crippen LogP contribution in [0.1, 0.15) is 12.5 Å². The van der Waals surface area contributed by atoms with E-state index >= 15 is 0 Å². The Morgan fingerprint density at radius 3 is 2.78 bits per heavy atom. The first-order chi connectivity index (χ1) is 11.2. The van der Waals surface area contributed by atoms with E-state index in [0.29, 0.717) is 19.8 Å². The Bertz CT molecular complexity index is 811. The fourth-order valence-electron chi connectivity index (χ4n) is 2.53. The average molecular weight is 311 g/mol. The van der Waals surface area contributed by atoms with Crippen LogP contribution >= 0.6 is 0 Å². The zero-order valence-corrected chi connectivity index (χ0v) is 13.7. The van der Waals surface area contributed by atoms with Crippen molar-refractivity contribution in [3.63, 3.8) is 0 Å². The van der Waals surface area contributed by atoms with Crippen molar-refractivity contribution >= 4 is 10.9 Å². The molecule has 120 valence electrons. The molecule has 0 N–H and O–H groups in total. The van der Waals surface area contributed by atoms with Gasteiger partial charge >= 0.3 is 0 Å². The third-order valence-corrected chi connectivity index (χ3v) is 3.69. The number of benzene rings is 1. The molecule has 3 aromatic rings. The predicted octanol–water partition coefficient (Wildman–Crippen LogP) is 3.36. The molecule has 0 unspecified atom stereocenters. The zero-order valence-electron chi connectivity index (χ0n) is 13.7. The molecular weight excluding hydrogens is 290 g/mol. The van der Waals surface area contributed by atoms with Gasteiger partial charge in [-0.2, -0.15) is 5.10 Å². The Kier molecular flexibility index (Phi) is 4.57. The lowest BCUT2D eigenvalue weighted by Gasteiger charge is -2.09. The molecule has 0 atom stereocenters. The number of ether oxygens (including phenoxy) is 2. The van der Waals surface area contributed by atoms with Crippen LogP contribution in [0.3, 0.4) is 0 Å². The molecule has 0 amide bonds. The molecular formula is C18H21N3O2. The summed E-state index contributed by atoms with van der Waals surface area (Å²) in [6, 6.07) is 8.08. The van der Waals surface area contributed by atoms with Crippen LogP contribution in [-0.2, 0) is 11.8 Å². The molecule has 0 spiro atoms. The second kappa shape index (κ2) is 6.79. The lowest BCUT2D eigenvalue weighted by atomic mass is 10.1. The SMILES string of the molecule is CCOCCOc1ccc2nc(-c3cnn(C)c3)cc(C)c2c1. The summed E-state index contributed by atoms with van der Waals surface area (Å²) in [5, 5.41) is 5.31. The van der Waals surface area contributed by atoms with Gasteiger partial charge in [0.05, 0.1) is 24.0 Å². The molecule has 1 aromatic carbocycles. The van der Waals surface area contributed by atoms with E-state index in [2.05, 4.69) is 18.1 Å².